The molecule has 0 bridgehead atoms. The van der Waals surface area contributed by atoms with Crippen LogP contribution in [0.2, 0.25) is 0 Å². The Bertz CT molecular complexity index is 1070. The van der Waals surface area contributed by atoms with Gasteiger partial charge < -0.3 is 19.5 Å². The summed E-state index contributed by atoms with van der Waals surface area (Å²) in [6.07, 6.45) is 2.25. The summed E-state index contributed by atoms with van der Waals surface area (Å²) in [6.45, 7) is 1.94. The number of aromatic nitrogens is 2. The van der Waals surface area contributed by atoms with E-state index in [9.17, 15) is 5.26 Å². The van der Waals surface area contributed by atoms with Crippen molar-refractivity contribution in [2.24, 2.45) is 0 Å². The number of hydrogen-bond acceptors (Lipinski definition) is 8. The van der Waals surface area contributed by atoms with Gasteiger partial charge in [-0.3, -0.25) is 0 Å². The minimum Gasteiger partial charge on any atom is -0.493 e. The second kappa shape index (κ2) is 7.17. The molecule has 1 aromatic carbocycles. The van der Waals surface area contributed by atoms with Gasteiger partial charge in [-0.25, -0.2) is 9.97 Å². The lowest BCUT2D eigenvalue weighted by Gasteiger charge is -2.14. The summed E-state index contributed by atoms with van der Waals surface area (Å²) in [5.41, 5.74) is 1.67. The monoisotopic (exact) mass is 396 g/mol. The number of anilines is 1. The zero-order valence-corrected chi connectivity index (χ0v) is 16.9. The Morgan fingerprint density at radius 2 is 1.79 bits per heavy atom. The van der Waals surface area contributed by atoms with E-state index in [-0.39, 0.29) is 0 Å². The molecule has 0 unspecified atom stereocenters. The van der Waals surface area contributed by atoms with Gasteiger partial charge >= 0.3 is 0 Å². The van der Waals surface area contributed by atoms with E-state index in [0.29, 0.717) is 34.0 Å². The molecule has 0 amide bonds. The van der Waals surface area contributed by atoms with E-state index in [1.54, 1.807) is 21.3 Å². The molecule has 2 heterocycles. The first kappa shape index (κ1) is 18.3. The van der Waals surface area contributed by atoms with Crippen molar-refractivity contribution in [1.82, 2.24) is 9.97 Å². The molecule has 8 heteroatoms. The van der Waals surface area contributed by atoms with Crippen LogP contribution in [0.3, 0.4) is 0 Å². The fourth-order valence-corrected chi connectivity index (χ4v) is 4.09. The van der Waals surface area contributed by atoms with Gasteiger partial charge in [0.05, 0.1) is 26.7 Å². The van der Waals surface area contributed by atoms with E-state index in [4.69, 9.17) is 24.2 Å². The second-order valence-electron chi connectivity index (χ2n) is 6.58. The number of rotatable bonds is 6. The van der Waals surface area contributed by atoms with Crippen molar-refractivity contribution in [1.29, 1.82) is 5.26 Å². The molecular weight excluding hydrogens is 376 g/mol. The van der Waals surface area contributed by atoms with E-state index < -0.39 is 0 Å². The van der Waals surface area contributed by atoms with E-state index in [0.717, 1.165) is 40.0 Å². The second-order valence-corrected chi connectivity index (χ2v) is 7.58. The molecular formula is C20H20N4O3S. The van der Waals surface area contributed by atoms with Crippen LogP contribution in [0, 0.1) is 18.3 Å². The molecule has 144 valence electrons. The van der Waals surface area contributed by atoms with Crippen LogP contribution < -0.4 is 19.5 Å². The number of methoxy groups -OCH3 is 3. The molecule has 0 spiro atoms. The Labute approximate surface area is 166 Å². The summed E-state index contributed by atoms with van der Waals surface area (Å²) < 4.78 is 16.3. The predicted octanol–water partition coefficient (Wildman–Crippen LogP) is 4.14. The van der Waals surface area contributed by atoms with E-state index in [1.165, 1.54) is 11.3 Å². The van der Waals surface area contributed by atoms with Gasteiger partial charge in [-0.2, -0.15) is 5.26 Å². The van der Waals surface area contributed by atoms with Crippen molar-refractivity contribution in [2.75, 3.05) is 26.6 Å². The molecule has 1 N–H and O–H groups in total. The maximum Gasteiger partial charge on any atom is 0.203 e. The van der Waals surface area contributed by atoms with Gasteiger partial charge in [-0.05, 0) is 37.5 Å². The van der Waals surface area contributed by atoms with Crippen molar-refractivity contribution in [3.05, 3.63) is 22.6 Å². The number of nitrogens with zero attached hydrogens (tertiary/aromatic N) is 3. The van der Waals surface area contributed by atoms with Crippen LogP contribution >= 0.6 is 11.3 Å². The van der Waals surface area contributed by atoms with Crippen LogP contribution in [0.4, 0.5) is 5.82 Å². The first-order chi connectivity index (χ1) is 13.6. The third-order valence-electron chi connectivity index (χ3n) is 4.73. The van der Waals surface area contributed by atoms with E-state index in [2.05, 4.69) is 11.4 Å². The molecule has 0 atom stereocenters. The number of aryl methyl sites for hydroxylation is 1. The summed E-state index contributed by atoms with van der Waals surface area (Å²) >= 11 is 1.38. The molecule has 0 radical (unpaired) electrons. The molecule has 4 rings (SSSR count). The lowest BCUT2D eigenvalue weighted by atomic mass is 10.1. The topological polar surface area (TPSA) is 89.3 Å². The maximum absolute atomic E-state index is 9.43. The van der Waals surface area contributed by atoms with Crippen molar-refractivity contribution >= 4 is 27.4 Å². The van der Waals surface area contributed by atoms with Crippen LogP contribution in [0.15, 0.2) is 12.1 Å². The molecule has 0 aliphatic heterocycles. The Balaban J connectivity index is 1.93. The predicted molar refractivity (Wildman–Crippen MR) is 109 cm³/mol. The molecule has 1 aliphatic carbocycles. The highest BCUT2D eigenvalue weighted by atomic mass is 32.1. The highest BCUT2D eigenvalue weighted by Crippen LogP contribution is 2.42. The smallest absolute Gasteiger partial charge is 0.203 e. The Kier molecular flexibility index (Phi) is 4.69. The lowest BCUT2D eigenvalue weighted by molar-refractivity contribution is 0.324. The summed E-state index contributed by atoms with van der Waals surface area (Å²) in [4.78, 5) is 11.0. The number of nitriles is 1. The highest BCUT2D eigenvalue weighted by molar-refractivity contribution is 7.19. The average Bonchev–Trinajstić information content (AvgIpc) is 3.47. The van der Waals surface area contributed by atoms with Crippen LogP contribution in [0.25, 0.3) is 21.6 Å². The zero-order chi connectivity index (χ0) is 19.8. The van der Waals surface area contributed by atoms with Gasteiger partial charge in [0.2, 0.25) is 5.75 Å². The molecule has 3 aromatic rings. The molecule has 28 heavy (non-hydrogen) atoms. The summed E-state index contributed by atoms with van der Waals surface area (Å²) in [5, 5.41) is 13.8. The standard InChI is InChI=1S/C20H20N4O3S/c1-10-15(9-21)28-20-16(10)19(22-12-5-6-12)23-18(24-20)11-7-13(25-2)17(27-4)14(8-11)26-3/h7-8,12H,5-6H2,1-4H3,(H,22,23,24). The quantitative estimate of drug-likeness (QED) is 0.670. The van der Waals surface area contributed by atoms with Gasteiger partial charge in [0, 0.05) is 11.6 Å². The molecule has 1 saturated carbocycles. The molecule has 2 aromatic heterocycles. The Morgan fingerprint density at radius 3 is 2.32 bits per heavy atom. The van der Waals surface area contributed by atoms with Gasteiger partial charge in [-0.15, -0.1) is 11.3 Å². The third kappa shape index (κ3) is 3.08. The lowest BCUT2D eigenvalue weighted by Crippen LogP contribution is -2.05. The number of ether oxygens (including phenoxy) is 3. The Hall–Kier alpha value is -3.05. The van der Waals surface area contributed by atoms with Gasteiger partial charge in [0.1, 0.15) is 21.6 Å². The first-order valence-corrected chi connectivity index (χ1v) is 9.69. The number of thiophene rings is 1. The summed E-state index contributed by atoms with van der Waals surface area (Å²) in [6, 6.07) is 6.34. The average molecular weight is 396 g/mol. The largest absolute Gasteiger partial charge is 0.493 e. The van der Waals surface area contributed by atoms with Crippen molar-refractivity contribution in [3.8, 4) is 34.7 Å². The summed E-state index contributed by atoms with van der Waals surface area (Å²) in [7, 11) is 4.72. The van der Waals surface area contributed by atoms with E-state index >= 15 is 0 Å². The van der Waals surface area contributed by atoms with E-state index in [1.807, 2.05) is 19.1 Å². The number of nitrogens with one attached hydrogen (secondary N) is 1. The minimum atomic E-state index is 0.427. The molecule has 1 aliphatic rings. The number of benzene rings is 1. The number of hydrogen-bond donors (Lipinski definition) is 1. The SMILES string of the molecule is COc1cc(-c2nc(NC3CC3)c3c(C)c(C#N)sc3n2)cc(OC)c1OC. The van der Waals surface area contributed by atoms with Gasteiger partial charge in [0.25, 0.3) is 0 Å². The minimum absolute atomic E-state index is 0.427. The molecule has 1 fully saturated rings. The van der Waals surface area contributed by atoms with Gasteiger partial charge in [-0.1, -0.05) is 0 Å². The maximum atomic E-state index is 9.43. The van der Waals surface area contributed by atoms with Crippen LogP contribution in [0.5, 0.6) is 17.2 Å². The summed E-state index contributed by atoms with van der Waals surface area (Å²) in [5.74, 6) is 2.91. The third-order valence-corrected chi connectivity index (χ3v) is 5.82. The highest BCUT2D eigenvalue weighted by Gasteiger charge is 2.25. The number of fused-ring (bicyclic) bond motifs is 1. The molecule has 0 saturated heterocycles. The fourth-order valence-electron chi connectivity index (χ4n) is 3.11. The Morgan fingerprint density at radius 1 is 1.11 bits per heavy atom. The van der Waals surface area contributed by atoms with Crippen molar-refractivity contribution in [3.63, 3.8) is 0 Å². The molecule has 7 nitrogen and oxygen atoms in total. The van der Waals surface area contributed by atoms with Crippen LogP contribution in [-0.4, -0.2) is 37.3 Å². The van der Waals surface area contributed by atoms with Crippen LogP contribution in [-0.2, 0) is 0 Å². The first-order valence-electron chi connectivity index (χ1n) is 8.87. The normalized spacial score (nSPS) is 13.2. The van der Waals surface area contributed by atoms with Crippen molar-refractivity contribution < 1.29 is 14.2 Å². The fraction of sp³-hybridized carbons (Fsp3) is 0.350. The zero-order valence-electron chi connectivity index (χ0n) is 16.1. The van der Waals surface area contributed by atoms with Crippen LogP contribution in [0.1, 0.15) is 23.3 Å². The van der Waals surface area contributed by atoms with Gasteiger partial charge in [0.15, 0.2) is 17.3 Å². The van der Waals surface area contributed by atoms with Crippen molar-refractivity contribution in [2.45, 2.75) is 25.8 Å².